The molecule has 30 heavy (non-hydrogen) atoms. The third-order valence-electron chi connectivity index (χ3n) is 6.11. The number of rotatable bonds is 3. The minimum atomic E-state index is -3.64. The van der Waals surface area contributed by atoms with Crippen molar-refractivity contribution in [2.75, 3.05) is 25.5 Å². The van der Waals surface area contributed by atoms with Gasteiger partial charge in [-0.05, 0) is 49.2 Å². The molecule has 0 unspecified atom stereocenters. The third kappa shape index (κ3) is 2.92. The first-order valence-corrected chi connectivity index (χ1v) is 11.7. The zero-order valence-corrected chi connectivity index (χ0v) is 18.1. The Morgan fingerprint density at radius 1 is 1.07 bits per heavy atom. The van der Waals surface area contributed by atoms with Crippen molar-refractivity contribution in [2.24, 2.45) is 0 Å². The molecule has 0 saturated carbocycles. The maximum absolute atomic E-state index is 13.2. The SMILES string of the molecule is COc1ccc2c(c1)NC1(CCN(S(=O)(=O)c3ccccc3Cl)CC1)c1cccn1-2. The maximum Gasteiger partial charge on any atom is 0.244 e. The van der Waals surface area contributed by atoms with Crippen LogP contribution < -0.4 is 10.1 Å². The topological polar surface area (TPSA) is 63.6 Å². The van der Waals surface area contributed by atoms with Crippen LogP contribution in [-0.4, -0.2) is 37.5 Å². The standard InChI is InChI=1S/C22H22ClN3O3S/c1-29-16-8-9-19-18(15-16)24-22(21-7-4-12-26(19)21)10-13-25(14-11-22)30(27,28)20-6-3-2-5-17(20)23/h2-9,12,15,24H,10-11,13-14H2,1H3. The molecule has 1 N–H and O–H groups in total. The summed E-state index contributed by atoms with van der Waals surface area (Å²) in [5.74, 6) is 0.783. The lowest BCUT2D eigenvalue weighted by molar-refractivity contribution is 0.247. The van der Waals surface area contributed by atoms with Gasteiger partial charge in [-0.25, -0.2) is 8.42 Å². The van der Waals surface area contributed by atoms with Crippen LogP contribution in [0.3, 0.4) is 0 Å². The van der Waals surface area contributed by atoms with Gasteiger partial charge in [0.25, 0.3) is 0 Å². The van der Waals surface area contributed by atoms with Gasteiger partial charge in [-0.15, -0.1) is 0 Å². The first-order chi connectivity index (χ1) is 14.4. The Hall–Kier alpha value is -2.48. The molecule has 2 aliphatic heterocycles. The number of anilines is 1. The predicted octanol–water partition coefficient (Wildman–Crippen LogP) is 4.24. The molecule has 0 atom stereocenters. The van der Waals surface area contributed by atoms with E-state index in [9.17, 15) is 8.42 Å². The van der Waals surface area contributed by atoms with E-state index in [0.29, 0.717) is 25.9 Å². The number of fused-ring (bicyclic) bond motifs is 4. The van der Waals surface area contributed by atoms with Gasteiger partial charge in [0.2, 0.25) is 10.0 Å². The molecule has 0 amide bonds. The molecule has 2 aliphatic rings. The molecule has 0 radical (unpaired) electrons. The van der Waals surface area contributed by atoms with Gasteiger partial charge in [0, 0.05) is 31.0 Å². The van der Waals surface area contributed by atoms with Gasteiger partial charge in [0.05, 0.1) is 29.0 Å². The number of nitrogens with one attached hydrogen (secondary N) is 1. The molecular formula is C22H22ClN3O3S. The molecule has 0 aliphatic carbocycles. The number of halogens is 1. The first-order valence-electron chi connectivity index (χ1n) is 9.84. The summed E-state index contributed by atoms with van der Waals surface area (Å²) in [5, 5.41) is 3.96. The van der Waals surface area contributed by atoms with Crippen molar-refractivity contribution in [3.63, 3.8) is 0 Å². The number of hydrogen-bond acceptors (Lipinski definition) is 4. The van der Waals surface area contributed by atoms with Crippen LogP contribution in [0.1, 0.15) is 18.5 Å². The fraction of sp³-hybridized carbons (Fsp3) is 0.273. The predicted molar refractivity (Wildman–Crippen MR) is 117 cm³/mol. The Bertz CT molecular complexity index is 1210. The van der Waals surface area contributed by atoms with Crippen LogP contribution in [0.2, 0.25) is 5.02 Å². The average Bonchev–Trinajstić information content (AvgIpc) is 3.25. The quantitative estimate of drug-likeness (QED) is 0.657. The summed E-state index contributed by atoms with van der Waals surface area (Å²) in [4.78, 5) is 0.165. The van der Waals surface area contributed by atoms with Crippen molar-refractivity contribution in [3.05, 3.63) is 71.5 Å². The Morgan fingerprint density at radius 3 is 2.57 bits per heavy atom. The number of piperidine rings is 1. The first kappa shape index (κ1) is 19.5. The van der Waals surface area contributed by atoms with Gasteiger partial charge in [-0.3, -0.25) is 0 Å². The second-order valence-corrected chi connectivity index (χ2v) is 10.0. The van der Waals surface area contributed by atoms with Crippen LogP contribution >= 0.6 is 11.6 Å². The monoisotopic (exact) mass is 443 g/mol. The van der Waals surface area contributed by atoms with Crippen LogP contribution in [0.5, 0.6) is 5.75 Å². The average molecular weight is 444 g/mol. The molecule has 0 bridgehead atoms. The highest BCUT2D eigenvalue weighted by atomic mass is 35.5. The Balaban J connectivity index is 1.47. The molecule has 1 fully saturated rings. The lowest BCUT2D eigenvalue weighted by atomic mass is 9.83. The van der Waals surface area contributed by atoms with Crippen molar-refractivity contribution in [3.8, 4) is 11.4 Å². The van der Waals surface area contributed by atoms with Crippen molar-refractivity contribution < 1.29 is 13.2 Å². The highest BCUT2D eigenvalue weighted by Crippen LogP contribution is 2.45. The van der Waals surface area contributed by atoms with Gasteiger partial charge in [0.15, 0.2) is 0 Å². The molecule has 5 rings (SSSR count). The highest BCUT2D eigenvalue weighted by Gasteiger charge is 2.44. The summed E-state index contributed by atoms with van der Waals surface area (Å²) in [6.07, 6.45) is 3.35. The van der Waals surface area contributed by atoms with Crippen LogP contribution in [0.4, 0.5) is 5.69 Å². The summed E-state index contributed by atoms with van der Waals surface area (Å²) < 4.78 is 35.4. The number of sulfonamides is 1. The zero-order chi connectivity index (χ0) is 20.9. The Morgan fingerprint density at radius 2 is 1.83 bits per heavy atom. The molecule has 1 spiro atoms. The number of nitrogens with zero attached hydrogens (tertiary/aromatic N) is 2. The lowest BCUT2D eigenvalue weighted by Crippen LogP contribution is -2.51. The van der Waals surface area contributed by atoms with Crippen LogP contribution in [-0.2, 0) is 15.6 Å². The zero-order valence-electron chi connectivity index (χ0n) is 16.5. The molecule has 3 aromatic rings. The van der Waals surface area contributed by atoms with Crippen molar-refractivity contribution >= 4 is 27.3 Å². The molecule has 8 heteroatoms. The molecule has 6 nitrogen and oxygen atoms in total. The minimum Gasteiger partial charge on any atom is -0.497 e. The molecular weight excluding hydrogens is 422 g/mol. The van der Waals surface area contributed by atoms with Gasteiger partial charge < -0.3 is 14.6 Å². The number of hydrogen-bond donors (Lipinski definition) is 1. The van der Waals surface area contributed by atoms with E-state index in [1.807, 2.05) is 24.3 Å². The second-order valence-electron chi connectivity index (χ2n) is 7.69. The largest absolute Gasteiger partial charge is 0.497 e. The van der Waals surface area contributed by atoms with E-state index in [1.165, 1.54) is 4.31 Å². The second kappa shape index (κ2) is 7.04. The molecule has 156 valence electrons. The van der Waals surface area contributed by atoms with Gasteiger partial charge in [0.1, 0.15) is 10.6 Å². The molecule has 2 aromatic carbocycles. The fourth-order valence-corrected chi connectivity index (χ4v) is 6.47. The van der Waals surface area contributed by atoms with E-state index in [4.69, 9.17) is 16.3 Å². The van der Waals surface area contributed by atoms with Crippen molar-refractivity contribution in [1.82, 2.24) is 8.87 Å². The van der Waals surface area contributed by atoms with Crippen LogP contribution in [0.25, 0.3) is 5.69 Å². The lowest BCUT2D eigenvalue weighted by Gasteiger charge is -2.46. The molecule has 1 aromatic heterocycles. The van der Waals surface area contributed by atoms with E-state index in [2.05, 4.69) is 22.1 Å². The molecule has 1 saturated heterocycles. The number of aromatic nitrogens is 1. The Kier molecular flexibility index (Phi) is 4.57. The van der Waals surface area contributed by atoms with Crippen molar-refractivity contribution in [2.45, 2.75) is 23.3 Å². The minimum absolute atomic E-state index is 0.165. The van der Waals surface area contributed by atoms with E-state index in [-0.39, 0.29) is 15.5 Å². The fourth-order valence-electron chi connectivity index (χ4n) is 4.54. The van der Waals surface area contributed by atoms with E-state index >= 15 is 0 Å². The van der Waals surface area contributed by atoms with Gasteiger partial charge in [-0.1, -0.05) is 23.7 Å². The number of benzene rings is 2. The number of methoxy groups -OCH3 is 1. The maximum atomic E-state index is 13.2. The van der Waals surface area contributed by atoms with Crippen LogP contribution in [0.15, 0.2) is 65.7 Å². The summed E-state index contributed by atoms with van der Waals surface area (Å²) in [7, 11) is -1.98. The smallest absolute Gasteiger partial charge is 0.244 e. The van der Waals surface area contributed by atoms with E-state index in [0.717, 1.165) is 22.8 Å². The summed E-state index contributed by atoms with van der Waals surface area (Å²) in [6.45, 7) is 0.816. The van der Waals surface area contributed by atoms with Gasteiger partial charge in [-0.2, -0.15) is 4.31 Å². The highest BCUT2D eigenvalue weighted by molar-refractivity contribution is 7.89. The van der Waals surface area contributed by atoms with Gasteiger partial charge >= 0.3 is 0 Å². The normalized spacial score (nSPS) is 17.8. The third-order valence-corrected chi connectivity index (χ3v) is 8.51. The van der Waals surface area contributed by atoms with E-state index in [1.54, 1.807) is 31.4 Å². The summed E-state index contributed by atoms with van der Waals surface area (Å²) in [5.41, 5.74) is 2.86. The number of ether oxygens (including phenoxy) is 1. The van der Waals surface area contributed by atoms with Crippen molar-refractivity contribution in [1.29, 1.82) is 0 Å². The Labute approximate surface area is 181 Å². The molecule has 3 heterocycles. The van der Waals surface area contributed by atoms with E-state index < -0.39 is 10.0 Å². The van der Waals surface area contributed by atoms with Crippen LogP contribution in [0, 0.1) is 0 Å². The summed E-state index contributed by atoms with van der Waals surface area (Å²) in [6, 6.07) is 16.7. The summed E-state index contributed by atoms with van der Waals surface area (Å²) >= 11 is 6.17.